The summed E-state index contributed by atoms with van der Waals surface area (Å²) in [6.45, 7) is 7.87. The summed E-state index contributed by atoms with van der Waals surface area (Å²) < 4.78 is 7.16. The maximum Gasteiger partial charge on any atom is 0.261 e. The molecule has 0 bridgehead atoms. The summed E-state index contributed by atoms with van der Waals surface area (Å²) >= 11 is 5.82. The largest absolute Gasteiger partial charge is 0.361 e. The van der Waals surface area contributed by atoms with Crippen molar-refractivity contribution >= 4 is 30.4 Å². The monoisotopic (exact) mass is 310 g/mol. The molecule has 0 aliphatic carbocycles. The zero-order chi connectivity index (χ0) is 14.8. The molecule has 108 valence electrons. The van der Waals surface area contributed by atoms with Gasteiger partial charge in [0.05, 0.1) is 5.39 Å². The van der Waals surface area contributed by atoms with Gasteiger partial charge in [0, 0.05) is 27.1 Å². The molecular formula is C14H19ClN2O2Si. The molecule has 0 spiro atoms. The normalized spacial score (nSPS) is 12.0. The summed E-state index contributed by atoms with van der Waals surface area (Å²) in [6.07, 6.45) is 3.24. The van der Waals surface area contributed by atoms with Crippen molar-refractivity contribution in [3.05, 3.63) is 40.0 Å². The molecule has 0 atom stereocenters. The van der Waals surface area contributed by atoms with E-state index in [-0.39, 0.29) is 12.3 Å². The van der Waals surface area contributed by atoms with Gasteiger partial charge >= 0.3 is 0 Å². The molecule has 0 saturated heterocycles. The quantitative estimate of drug-likeness (QED) is 0.483. The van der Waals surface area contributed by atoms with Crippen molar-refractivity contribution in [3.63, 3.8) is 0 Å². The van der Waals surface area contributed by atoms with Gasteiger partial charge in [-0.3, -0.25) is 9.36 Å². The van der Waals surface area contributed by atoms with Crippen LogP contribution in [0.5, 0.6) is 0 Å². The molecule has 0 unspecified atom stereocenters. The van der Waals surface area contributed by atoms with Crippen molar-refractivity contribution in [1.29, 1.82) is 0 Å². The van der Waals surface area contributed by atoms with Crippen LogP contribution in [0.15, 0.2) is 29.3 Å². The van der Waals surface area contributed by atoms with E-state index in [2.05, 4.69) is 24.6 Å². The first-order valence-corrected chi connectivity index (χ1v) is 10.7. The Morgan fingerprint density at radius 3 is 2.85 bits per heavy atom. The van der Waals surface area contributed by atoms with Crippen LogP contribution in [0.1, 0.15) is 0 Å². The molecule has 0 N–H and O–H groups in total. The van der Waals surface area contributed by atoms with Crippen LogP contribution in [0.3, 0.4) is 0 Å². The molecule has 0 aliphatic rings. The SMILES string of the molecule is C[Si](C)(C)CCOCn1ccc2cc(Cl)ncc2c1=O. The number of halogens is 1. The Hall–Kier alpha value is -1.17. The van der Waals surface area contributed by atoms with E-state index in [4.69, 9.17) is 16.3 Å². The molecule has 0 radical (unpaired) electrons. The van der Waals surface area contributed by atoms with Gasteiger partial charge in [-0.05, 0) is 23.6 Å². The van der Waals surface area contributed by atoms with Crippen LogP contribution in [0.4, 0.5) is 0 Å². The van der Waals surface area contributed by atoms with Gasteiger partial charge in [0.1, 0.15) is 11.9 Å². The fourth-order valence-corrected chi connectivity index (χ4v) is 2.72. The minimum absolute atomic E-state index is 0.0975. The van der Waals surface area contributed by atoms with Crippen molar-refractivity contribution in [2.75, 3.05) is 6.61 Å². The molecule has 2 rings (SSSR count). The number of rotatable bonds is 5. The average molecular weight is 311 g/mol. The highest BCUT2D eigenvalue weighted by Crippen LogP contribution is 2.13. The summed E-state index contributed by atoms with van der Waals surface area (Å²) in [5.74, 6) is 0. The molecule has 2 heterocycles. The van der Waals surface area contributed by atoms with Crippen molar-refractivity contribution < 1.29 is 4.74 Å². The molecule has 0 saturated carbocycles. The molecule has 6 heteroatoms. The highest BCUT2D eigenvalue weighted by atomic mass is 35.5. The Kier molecular flexibility index (Phi) is 4.62. The van der Waals surface area contributed by atoms with Crippen molar-refractivity contribution in [3.8, 4) is 0 Å². The second-order valence-corrected chi connectivity index (χ2v) is 12.0. The maximum atomic E-state index is 12.2. The summed E-state index contributed by atoms with van der Waals surface area (Å²) in [5.41, 5.74) is -0.0975. The fourth-order valence-electron chi connectivity index (χ4n) is 1.80. The van der Waals surface area contributed by atoms with Crippen molar-refractivity contribution in [2.45, 2.75) is 32.4 Å². The number of nitrogens with zero attached hydrogens (tertiary/aromatic N) is 2. The van der Waals surface area contributed by atoms with E-state index in [0.29, 0.717) is 17.1 Å². The first-order valence-electron chi connectivity index (χ1n) is 6.59. The molecule has 4 nitrogen and oxygen atoms in total. The van der Waals surface area contributed by atoms with E-state index in [1.807, 2.05) is 6.07 Å². The molecule has 0 amide bonds. The molecule has 0 aliphatic heterocycles. The van der Waals surface area contributed by atoms with Gasteiger partial charge in [0.15, 0.2) is 0 Å². The molecular weight excluding hydrogens is 292 g/mol. The van der Waals surface area contributed by atoms with Crippen molar-refractivity contribution in [1.82, 2.24) is 9.55 Å². The maximum absolute atomic E-state index is 12.2. The van der Waals surface area contributed by atoms with E-state index in [1.165, 1.54) is 6.20 Å². The van der Waals surface area contributed by atoms with Gasteiger partial charge in [-0.15, -0.1) is 0 Å². The predicted molar refractivity (Wildman–Crippen MR) is 85.1 cm³/mol. The van der Waals surface area contributed by atoms with E-state index in [0.717, 1.165) is 11.4 Å². The van der Waals surface area contributed by atoms with Crippen LogP contribution in [0.2, 0.25) is 30.8 Å². The van der Waals surface area contributed by atoms with Crippen LogP contribution in [0, 0.1) is 0 Å². The molecule has 0 aromatic carbocycles. The number of aromatic nitrogens is 2. The molecule has 20 heavy (non-hydrogen) atoms. The molecule has 2 aromatic rings. The molecule has 2 aromatic heterocycles. The second-order valence-electron chi connectivity index (χ2n) is 6.03. The van der Waals surface area contributed by atoms with E-state index < -0.39 is 8.07 Å². The average Bonchev–Trinajstić information content (AvgIpc) is 2.35. The Bertz CT molecular complexity index is 664. The van der Waals surface area contributed by atoms with Crippen molar-refractivity contribution in [2.24, 2.45) is 0 Å². The summed E-state index contributed by atoms with van der Waals surface area (Å²) in [7, 11) is -1.10. The zero-order valence-corrected chi connectivity index (χ0v) is 13.8. The fraction of sp³-hybridized carbons (Fsp3) is 0.429. The van der Waals surface area contributed by atoms with E-state index >= 15 is 0 Å². The lowest BCUT2D eigenvalue weighted by molar-refractivity contribution is 0.0851. The van der Waals surface area contributed by atoms with Crippen LogP contribution in [-0.2, 0) is 11.5 Å². The third-order valence-corrected chi connectivity index (χ3v) is 4.97. The van der Waals surface area contributed by atoms with Crippen LogP contribution < -0.4 is 5.56 Å². The predicted octanol–water partition coefficient (Wildman–Crippen LogP) is 3.36. The number of hydrogen-bond donors (Lipinski definition) is 0. The van der Waals surface area contributed by atoms with Crippen LogP contribution in [0.25, 0.3) is 10.8 Å². The Morgan fingerprint density at radius 1 is 1.40 bits per heavy atom. The first kappa shape index (κ1) is 15.2. The lowest BCUT2D eigenvalue weighted by Crippen LogP contribution is -2.24. The Morgan fingerprint density at radius 2 is 2.15 bits per heavy atom. The number of hydrogen-bond acceptors (Lipinski definition) is 3. The van der Waals surface area contributed by atoms with E-state index in [9.17, 15) is 4.79 Å². The Labute approximate surface area is 124 Å². The van der Waals surface area contributed by atoms with E-state index in [1.54, 1.807) is 16.8 Å². The third kappa shape index (κ3) is 3.91. The smallest absolute Gasteiger partial charge is 0.261 e. The number of ether oxygens (including phenoxy) is 1. The first-order chi connectivity index (χ1) is 9.37. The zero-order valence-electron chi connectivity index (χ0n) is 12.0. The number of fused-ring (bicyclic) bond motifs is 1. The Balaban J connectivity index is 2.10. The topological polar surface area (TPSA) is 44.1 Å². The summed E-state index contributed by atoms with van der Waals surface area (Å²) in [6, 6.07) is 4.63. The molecule has 0 fully saturated rings. The van der Waals surface area contributed by atoms with Gasteiger partial charge in [-0.2, -0.15) is 0 Å². The number of pyridine rings is 2. The standard InChI is InChI=1S/C14H19ClN2O2Si/c1-20(2,3)7-6-19-10-17-5-4-11-8-13(15)16-9-12(11)14(17)18/h4-5,8-9H,6-7,10H2,1-3H3. The van der Waals surface area contributed by atoms with Gasteiger partial charge in [-0.1, -0.05) is 31.2 Å². The van der Waals surface area contributed by atoms with Gasteiger partial charge < -0.3 is 4.74 Å². The van der Waals surface area contributed by atoms with Crippen LogP contribution in [-0.4, -0.2) is 24.2 Å². The van der Waals surface area contributed by atoms with Gasteiger partial charge in [-0.25, -0.2) is 4.98 Å². The highest BCUT2D eigenvalue weighted by molar-refractivity contribution is 6.76. The third-order valence-electron chi connectivity index (χ3n) is 3.05. The lowest BCUT2D eigenvalue weighted by atomic mass is 10.2. The minimum atomic E-state index is -1.10. The highest BCUT2D eigenvalue weighted by Gasteiger charge is 2.12. The van der Waals surface area contributed by atoms with Crippen LogP contribution >= 0.6 is 11.6 Å². The minimum Gasteiger partial charge on any atom is -0.361 e. The van der Waals surface area contributed by atoms with Gasteiger partial charge in [0.25, 0.3) is 5.56 Å². The van der Waals surface area contributed by atoms with Gasteiger partial charge in [0.2, 0.25) is 0 Å². The lowest BCUT2D eigenvalue weighted by Gasteiger charge is -2.15. The summed E-state index contributed by atoms with van der Waals surface area (Å²) in [5, 5.41) is 1.75. The second kappa shape index (κ2) is 6.07. The summed E-state index contributed by atoms with van der Waals surface area (Å²) in [4.78, 5) is 16.2.